The number of nitriles is 4. The lowest BCUT2D eigenvalue weighted by Crippen LogP contribution is -2.05. The molecule has 0 bridgehead atoms. The van der Waals surface area contributed by atoms with E-state index in [0.717, 1.165) is 22.3 Å². The molecule has 0 fully saturated rings. The number of allylic oxidation sites excluding steroid dienone is 1. The Hall–Kier alpha value is -8.17. The zero-order valence-corrected chi connectivity index (χ0v) is 28.1. The van der Waals surface area contributed by atoms with Crippen molar-refractivity contribution in [2.75, 3.05) is 5.73 Å². The van der Waals surface area contributed by atoms with Gasteiger partial charge in [0.1, 0.15) is 0 Å². The van der Waals surface area contributed by atoms with Crippen LogP contribution in [0.25, 0.3) is 50.2 Å². The summed E-state index contributed by atoms with van der Waals surface area (Å²) in [6, 6.07) is 48.8. The zero-order valence-electron chi connectivity index (χ0n) is 28.1. The number of aromatic nitrogens is 2. The largest absolute Gasteiger partial charge is 0.397 e. The van der Waals surface area contributed by atoms with Crippen LogP contribution in [0.5, 0.6) is 0 Å². The highest BCUT2D eigenvalue weighted by atomic mass is 14.8. The summed E-state index contributed by atoms with van der Waals surface area (Å²) in [5.41, 5.74) is 17.4. The Labute approximate surface area is 306 Å². The predicted octanol–water partition coefficient (Wildman–Crippen LogP) is 9.53. The Morgan fingerprint density at radius 2 is 1.00 bits per heavy atom. The van der Waals surface area contributed by atoms with E-state index < -0.39 is 0 Å². The van der Waals surface area contributed by atoms with E-state index in [9.17, 15) is 21.0 Å². The molecule has 8 heteroatoms. The summed E-state index contributed by atoms with van der Waals surface area (Å²) in [5.74, 6) is 0. The van der Waals surface area contributed by atoms with Crippen LogP contribution in [-0.4, -0.2) is 15.7 Å². The number of benzene rings is 6. The first kappa shape index (κ1) is 33.3. The van der Waals surface area contributed by atoms with Gasteiger partial charge in [-0.05, 0) is 89.5 Å². The first-order chi connectivity index (χ1) is 25.9. The summed E-state index contributed by atoms with van der Waals surface area (Å²) >= 11 is 0. The molecule has 246 valence electrons. The minimum absolute atomic E-state index is 0.436. The molecule has 0 radical (unpaired) electrons. The molecular weight excluding hydrogens is 653 g/mol. The van der Waals surface area contributed by atoms with Crippen molar-refractivity contribution in [1.29, 1.82) is 21.0 Å². The molecule has 0 atom stereocenters. The Bertz CT molecular complexity index is 2820. The maximum absolute atomic E-state index is 9.64. The summed E-state index contributed by atoms with van der Waals surface area (Å²) in [7, 11) is 0. The fraction of sp³-hybridized carbons (Fsp3) is 0. The smallest absolute Gasteiger partial charge is 0.0991 e. The van der Waals surface area contributed by atoms with Crippen LogP contribution in [0.3, 0.4) is 0 Å². The number of nitrogens with zero attached hydrogens (tertiary/aromatic N) is 7. The second-order valence-corrected chi connectivity index (χ2v) is 12.1. The van der Waals surface area contributed by atoms with Crippen LogP contribution in [0, 0.1) is 45.3 Å². The minimum Gasteiger partial charge on any atom is -0.397 e. The number of hydrogen-bond acceptors (Lipinski definition) is 8. The van der Waals surface area contributed by atoms with Crippen LogP contribution in [0.1, 0.15) is 33.4 Å². The third-order valence-electron chi connectivity index (χ3n) is 8.68. The van der Waals surface area contributed by atoms with E-state index in [1.807, 2.05) is 66.7 Å². The summed E-state index contributed by atoms with van der Waals surface area (Å²) < 4.78 is 0. The van der Waals surface area contributed by atoms with Gasteiger partial charge < -0.3 is 5.73 Å². The second kappa shape index (κ2) is 14.4. The molecule has 0 aliphatic rings. The van der Waals surface area contributed by atoms with Crippen molar-refractivity contribution in [2.24, 2.45) is 4.99 Å². The van der Waals surface area contributed by atoms with Crippen molar-refractivity contribution in [3.63, 3.8) is 0 Å². The van der Waals surface area contributed by atoms with Crippen LogP contribution in [-0.2, 0) is 0 Å². The fourth-order valence-electron chi connectivity index (χ4n) is 6.00. The monoisotopic (exact) mass is 678 g/mol. The van der Waals surface area contributed by atoms with E-state index in [1.165, 1.54) is 0 Å². The Balaban J connectivity index is 1.37. The van der Waals surface area contributed by atoms with E-state index in [-0.39, 0.29) is 0 Å². The van der Waals surface area contributed by atoms with Gasteiger partial charge in [-0.2, -0.15) is 21.0 Å². The molecule has 6 aromatic carbocycles. The van der Waals surface area contributed by atoms with Gasteiger partial charge in [0.2, 0.25) is 0 Å². The first-order valence-corrected chi connectivity index (χ1v) is 16.4. The third kappa shape index (κ3) is 6.85. The first-order valence-electron chi connectivity index (χ1n) is 16.4. The van der Waals surface area contributed by atoms with Gasteiger partial charge >= 0.3 is 0 Å². The van der Waals surface area contributed by atoms with Crippen molar-refractivity contribution < 1.29 is 0 Å². The Morgan fingerprint density at radius 3 is 1.60 bits per heavy atom. The zero-order chi connectivity index (χ0) is 36.9. The van der Waals surface area contributed by atoms with E-state index in [1.54, 1.807) is 66.7 Å². The molecule has 7 aromatic rings. The average Bonchev–Trinajstić information content (AvgIpc) is 3.22. The van der Waals surface area contributed by atoms with E-state index in [2.05, 4.69) is 30.9 Å². The molecule has 0 aliphatic heterocycles. The van der Waals surface area contributed by atoms with Crippen LogP contribution >= 0.6 is 0 Å². The number of fused-ring (bicyclic) bond motifs is 1. The van der Waals surface area contributed by atoms with Gasteiger partial charge in [-0.3, -0.25) is 0 Å². The molecule has 8 nitrogen and oxygen atoms in total. The lowest BCUT2D eigenvalue weighted by molar-refractivity contribution is 1.29. The number of anilines is 1. The third-order valence-corrected chi connectivity index (χ3v) is 8.68. The van der Waals surface area contributed by atoms with Crippen LogP contribution in [0.4, 0.5) is 11.4 Å². The topological polar surface area (TPSA) is 159 Å². The lowest BCUT2D eigenvalue weighted by atomic mass is 9.95. The van der Waals surface area contributed by atoms with Crippen LogP contribution in [0.15, 0.2) is 145 Å². The van der Waals surface area contributed by atoms with Crippen LogP contribution < -0.4 is 5.73 Å². The Kier molecular flexibility index (Phi) is 9.03. The normalized spacial score (nSPS) is 10.8. The quantitative estimate of drug-likeness (QED) is 0.130. The van der Waals surface area contributed by atoms with Gasteiger partial charge in [-0.15, -0.1) is 0 Å². The maximum atomic E-state index is 9.64. The molecule has 1 heterocycles. The summed E-state index contributed by atoms with van der Waals surface area (Å²) in [5, 5.41) is 38.4. The van der Waals surface area contributed by atoms with Gasteiger partial charge in [-0.25, -0.2) is 15.0 Å². The molecule has 53 heavy (non-hydrogen) atoms. The molecule has 7 rings (SSSR count). The van der Waals surface area contributed by atoms with Gasteiger partial charge in [-0.1, -0.05) is 67.2 Å². The summed E-state index contributed by atoms with van der Waals surface area (Å²) in [6.07, 6.45) is 0. The second-order valence-electron chi connectivity index (χ2n) is 12.1. The van der Waals surface area contributed by atoms with E-state index in [4.69, 9.17) is 20.7 Å². The highest BCUT2D eigenvalue weighted by molar-refractivity contribution is 6.32. The summed E-state index contributed by atoms with van der Waals surface area (Å²) in [6.45, 7) is 4.34. The van der Waals surface area contributed by atoms with Crippen molar-refractivity contribution in [1.82, 2.24) is 9.97 Å². The Morgan fingerprint density at radius 1 is 0.509 bits per heavy atom. The van der Waals surface area contributed by atoms with Crippen molar-refractivity contribution >= 4 is 33.7 Å². The molecule has 0 unspecified atom stereocenters. The lowest BCUT2D eigenvalue weighted by Gasteiger charge is -2.14. The molecule has 2 N–H and O–H groups in total. The molecule has 0 spiro atoms. The predicted molar refractivity (Wildman–Crippen MR) is 207 cm³/mol. The van der Waals surface area contributed by atoms with E-state index in [0.29, 0.717) is 78.5 Å². The van der Waals surface area contributed by atoms with Gasteiger partial charge in [0.15, 0.2) is 0 Å². The fourth-order valence-corrected chi connectivity index (χ4v) is 6.00. The van der Waals surface area contributed by atoms with E-state index >= 15 is 0 Å². The number of rotatable bonds is 7. The molecular formula is C45H26N8. The van der Waals surface area contributed by atoms with Crippen molar-refractivity contribution in [2.45, 2.75) is 0 Å². The molecule has 0 amide bonds. The highest BCUT2D eigenvalue weighted by Gasteiger charge is 2.17. The van der Waals surface area contributed by atoms with Crippen molar-refractivity contribution in [3.05, 3.63) is 173 Å². The number of nitrogens with two attached hydrogens (primary N) is 1. The minimum atomic E-state index is 0.436. The number of nitrogen functional groups attached to an aromatic ring is 1. The van der Waals surface area contributed by atoms with Gasteiger partial charge in [0.05, 0.1) is 86.0 Å². The highest BCUT2D eigenvalue weighted by Crippen LogP contribution is 2.36. The molecule has 0 aliphatic carbocycles. The molecule has 1 aromatic heterocycles. The average molecular weight is 679 g/mol. The summed E-state index contributed by atoms with van der Waals surface area (Å²) in [4.78, 5) is 15.1. The molecule has 0 saturated heterocycles. The van der Waals surface area contributed by atoms with Gasteiger partial charge in [0, 0.05) is 22.3 Å². The van der Waals surface area contributed by atoms with Crippen molar-refractivity contribution in [3.8, 4) is 57.9 Å². The maximum Gasteiger partial charge on any atom is 0.0991 e. The number of aliphatic imine (C=N–C) groups is 1. The number of hydrogen-bond donors (Lipinski definition) is 1. The van der Waals surface area contributed by atoms with Gasteiger partial charge in [0.25, 0.3) is 0 Å². The molecule has 0 saturated carbocycles. The standard InChI is InChI=1S/C45H26N8/c1-28(33-10-2-6-29(18-33)24-46)43(36-11-3-7-30(19-36)25-47)52-41-22-34(14-16-39(41)50)35-15-17-40-42(23-35)53-45(38-13-5-9-32(21-38)27-49)44(51-40)37-12-4-8-31(20-37)26-48/h2-23H,1,50H2/b52-43+. The SMILES string of the molecule is C=C(/C(=N\c1cc(-c2ccc3nc(-c4cccc(C#N)c4)c(-c4cccc(C#N)c4)nc3c2)ccc1N)c1cccc(C#N)c1)c1cccc(C#N)c1. The van der Waals surface area contributed by atoms with Crippen LogP contribution in [0.2, 0.25) is 0 Å².